The van der Waals surface area contributed by atoms with Crippen LogP contribution in [-0.4, -0.2) is 37.6 Å². The largest absolute Gasteiger partial charge is 0.484 e. The predicted molar refractivity (Wildman–Crippen MR) is 116 cm³/mol. The quantitative estimate of drug-likeness (QED) is 0.507. The van der Waals surface area contributed by atoms with Crippen molar-refractivity contribution in [2.45, 2.75) is 12.3 Å². The Morgan fingerprint density at radius 1 is 0.742 bits per heavy atom. The van der Waals surface area contributed by atoms with E-state index in [4.69, 9.17) is 4.74 Å². The van der Waals surface area contributed by atoms with Crippen LogP contribution in [0.15, 0.2) is 84.9 Å². The SMILES string of the molecule is FC(F)(F)c1ccc(OC(CN2CCN(c3ccccc3)CC2)c2ccccc2)cc1. The van der Waals surface area contributed by atoms with Gasteiger partial charge in [-0.15, -0.1) is 0 Å². The summed E-state index contributed by atoms with van der Waals surface area (Å²) in [6, 6.07) is 25.1. The summed E-state index contributed by atoms with van der Waals surface area (Å²) < 4.78 is 44.7. The van der Waals surface area contributed by atoms with Gasteiger partial charge in [-0.25, -0.2) is 0 Å². The van der Waals surface area contributed by atoms with Crippen LogP contribution in [0, 0.1) is 0 Å². The van der Waals surface area contributed by atoms with Crippen LogP contribution in [0.3, 0.4) is 0 Å². The normalized spacial score (nSPS) is 16.2. The summed E-state index contributed by atoms with van der Waals surface area (Å²) in [4.78, 5) is 4.71. The Labute approximate surface area is 180 Å². The molecule has 3 nitrogen and oxygen atoms in total. The molecule has 1 unspecified atom stereocenters. The zero-order valence-electron chi connectivity index (χ0n) is 17.1. The highest BCUT2D eigenvalue weighted by molar-refractivity contribution is 5.46. The first-order chi connectivity index (χ1) is 15.0. The Bertz CT molecular complexity index is 938. The molecule has 0 amide bonds. The van der Waals surface area contributed by atoms with Gasteiger partial charge in [-0.1, -0.05) is 48.5 Å². The maximum absolute atomic E-state index is 12.9. The van der Waals surface area contributed by atoms with Crippen LogP contribution >= 0.6 is 0 Å². The van der Waals surface area contributed by atoms with Crippen molar-refractivity contribution < 1.29 is 17.9 Å². The third kappa shape index (κ3) is 5.58. The molecule has 1 aliphatic rings. The second-order valence-electron chi connectivity index (χ2n) is 7.66. The third-order valence-corrected chi connectivity index (χ3v) is 5.55. The molecule has 1 atom stereocenters. The van der Waals surface area contributed by atoms with Gasteiger partial charge in [0.05, 0.1) is 5.56 Å². The number of alkyl halides is 3. The van der Waals surface area contributed by atoms with Crippen LogP contribution in [0.1, 0.15) is 17.2 Å². The summed E-state index contributed by atoms with van der Waals surface area (Å²) in [5, 5.41) is 0. The number of nitrogens with zero attached hydrogens (tertiary/aromatic N) is 2. The summed E-state index contributed by atoms with van der Waals surface area (Å²) >= 11 is 0. The van der Waals surface area contributed by atoms with Crippen LogP contribution in [0.5, 0.6) is 5.75 Å². The van der Waals surface area contributed by atoms with E-state index in [9.17, 15) is 13.2 Å². The minimum absolute atomic E-state index is 0.263. The maximum Gasteiger partial charge on any atom is 0.416 e. The summed E-state index contributed by atoms with van der Waals surface area (Å²) in [5.41, 5.74) is 1.56. The number of para-hydroxylation sites is 1. The Morgan fingerprint density at radius 3 is 1.90 bits per heavy atom. The standard InChI is InChI=1S/C25H25F3N2O/c26-25(27,28)21-11-13-23(14-12-21)31-24(20-7-3-1-4-8-20)19-29-15-17-30(18-16-29)22-9-5-2-6-10-22/h1-14,24H,15-19H2. The van der Waals surface area contributed by atoms with Gasteiger partial charge in [0, 0.05) is 38.4 Å². The van der Waals surface area contributed by atoms with E-state index >= 15 is 0 Å². The van der Waals surface area contributed by atoms with E-state index in [1.54, 1.807) is 0 Å². The second-order valence-corrected chi connectivity index (χ2v) is 7.66. The molecule has 31 heavy (non-hydrogen) atoms. The van der Waals surface area contributed by atoms with E-state index in [2.05, 4.69) is 21.9 Å². The minimum atomic E-state index is -4.35. The van der Waals surface area contributed by atoms with Crippen molar-refractivity contribution in [2.75, 3.05) is 37.6 Å². The van der Waals surface area contributed by atoms with Crippen molar-refractivity contribution in [1.29, 1.82) is 0 Å². The molecule has 162 valence electrons. The van der Waals surface area contributed by atoms with E-state index < -0.39 is 11.7 Å². The van der Waals surface area contributed by atoms with Crippen LogP contribution in [-0.2, 0) is 6.18 Å². The number of rotatable bonds is 6. The Hall–Kier alpha value is -2.99. The lowest BCUT2D eigenvalue weighted by Crippen LogP contribution is -2.48. The van der Waals surface area contributed by atoms with Crippen LogP contribution in [0.4, 0.5) is 18.9 Å². The first-order valence-electron chi connectivity index (χ1n) is 10.4. The average Bonchev–Trinajstić information content (AvgIpc) is 2.80. The van der Waals surface area contributed by atoms with Gasteiger partial charge in [0.1, 0.15) is 11.9 Å². The molecule has 0 aromatic heterocycles. The highest BCUT2D eigenvalue weighted by Gasteiger charge is 2.30. The molecule has 1 fully saturated rings. The lowest BCUT2D eigenvalue weighted by molar-refractivity contribution is -0.137. The smallest absolute Gasteiger partial charge is 0.416 e. The van der Waals surface area contributed by atoms with Gasteiger partial charge >= 0.3 is 6.18 Å². The third-order valence-electron chi connectivity index (χ3n) is 5.55. The maximum atomic E-state index is 12.9. The zero-order chi connectivity index (χ0) is 21.7. The Balaban J connectivity index is 1.43. The van der Waals surface area contributed by atoms with Crippen molar-refractivity contribution in [3.63, 3.8) is 0 Å². The average molecular weight is 426 g/mol. The van der Waals surface area contributed by atoms with Gasteiger partial charge < -0.3 is 9.64 Å². The molecule has 1 heterocycles. The topological polar surface area (TPSA) is 15.7 Å². The molecule has 0 saturated carbocycles. The molecule has 0 bridgehead atoms. The van der Waals surface area contributed by atoms with Crippen molar-refractivity contribution in [3.8, 4) is 5.75 Å². The molecule has 3 aromatic carbocycles. The predicted octanol–water partition coefficient (Wildman–Crippen LogP) is 5.65. The first-order valence-corrected chi connectivity index (χ1v) is 10.4. The number of halogens is 3. The van der Waals surface area contributed by atoms with Gasteiger partial charge in [-0.05, 0) is 42.0 Å². The van der Waals surface area contributed by atoms with Gasteiger partial charge in [0.2, 0.25) is 0 Å². The second kappa shape index (κ2) is 9.43. The monoisotopic (exact) mass is 426 g/mol. The fourth-order valence-corrected chi connectivity index (χ4v) is 3.83. The van der Waals surface area contributed by atoms with E-state index in [-0.39, 0.29) is 6.10 Å². The lowest BCUT2D eigenvalue weighted by atomic mass is 10.1. The number of ether oxygens (including phenoxy) is 1. The lowest BCUT2D eigenvalue weighted by Gasteiger charge is -2.37. The van der Waals surface area contributed by atoms with Crippen molar-refractivity contribution in [3.05, 3.63) is 96.1 Å². The first kappa shape index (κ1) is 21.2. The Morgan fingerprint density at radius 2 is 1.32 bits per heavy atom. The Kier molecular flexibility index (Phi) is 6.47. The van der Waals surface area contributed by atoms with Gasteiger partial charge in [-0.3, -0.25) is 4.90 Å². The molecule has 1 aliphatic heterocycles. The van der Waals surface area contributed by atoms with E-state index in [0.717, 1.165) is 43.9 Å². The fraction of sp³-hybridized carbons (Fsp3) is 0.280. The van der Waals surface area contributed by atoms with Gasteiger partial charge in [-0.2, -0.15) is 13.2 Å². The molecule has 0 aliphatic carbocycles. The summed E-state index contributed by atoms with van der Waals surface area (Å²) in [6.45, 7) is 4.31. The molecule has 6 heteroatoms. The van der Waals surface area contributed by atoms with Crippen LogP contribution in [0.25, 0.3) is 0 Å². The molecular formula is C25H25F3N2O. The van der Waals surface area contributed by atoms with Crippen molar-refractivity contribution in [1.82, 2.24) is 4.90 Å². The molecule has 0 radical (unpaired) electrons. The molecular weight excluding hydrogens is 401 g/mol. The molecule has 0 N–H and O–H groups in total. The molecule has 4 rings (SSSR count). The summed E-state index contributed by atoms with van der Waals surface area (Å²) in [5.74, 6) is 0.435. The van der Waals surface area contributed by atoms with Crippen LogP contribution in [0.2, 0.25) is 0 Å². The number of benzene rings is 3. The van der Waals surface area contributed by atoms with E-state index in [0.29, 0.717) is 12.3 Å². The zero-order valence-corrected chi connectivity index (χ0v) is 17.1. The number of hydrogen-bond acceptors (Lipinski definition) is 3. The van der Waals surface area contributed by atoms with E-state index in [1.807, 2.05) is 48.5 Å². The molecule has 1 saturated heterocycles. The number of hydrogen-bond donors (Lipinski definition) is 0. The van der Waals surface area contributed by atoms with Crippen molar-refractivity contribution in [2.24, 2.45) is 0 Å². The molecule has 3 aromatic rings. The fourth-order valence-electron chi connectivity index (χ4n) is 3.83. The summed E-state index contributed by atoms with van der Waals surface area (Å²) in [7, 11) is 0. The highest BCUT2D eigenvalue weighted by atomic mass is 19.4. The highest BCUT2D eigenvalue weighted by Crippen LogP contribution is 2.31. The van der Waals surface area contributed by atoms with E-state index in [1.165, 1.54) is 17.8 Å². The summed E-state index contributed by atoms with van der Waals surface area (Å²) in [6.07, 6.45) is -4.61. The minimum Gasteiger partial charge on any atom is -0.484 e. The van der Waals surface area contributed by atoms with Gasteiger partial charge in [0.15, 0.2) is 0 Å². The number of anilines is 1. The molecule has 0 spiro atoms. The van der Waals surface area contributed by atoms with Gasteiger partial charge in [0.25, 0.3) is 0 Å². The number of piperazine rings is 1. The van der Waals surface area contributed by atoms with Crippen molar-refractivity contribution >= 4 is 5.69 Å². The van der Waals surface area contributed by atoms with Crippen LogP contribution < -0.4 is 9.64 Å².